The summed E-state index contributed by atoms with van der Waals surface area (Å²) < 4.78 is 5.44. The predicted molar refractivity (Wildman–Crippen MR) is 149 cm³/mol. The number of amides is 1. The van der Waals surface area contributed by atoms with E-state index in [2.05, 4.69) is 27.2 Å². The van der Waals surface area contributed by atoms with Crippen LogP contribution >= 0.6 is 11.6 Å². The van der Waals surface area contributed by atoms with Crippen molar-refractivity contribution in [2.45, 2.75) is 39.7 Å². The van der Waals surface area contributed by atoms with E-state index in [1.165, 1.54) is 11.8 Å². The molecule has 0 spiro atoms. The highest BCUT2D eigenvalue weighted by molar-refractivity contribution is 6.30. The number of carbonyl (C=O) groups excluding carboxylic acids is 1. The lowest BCUT2D eigenvalue weighted by Gasteiger charge is -2.37. The molecule has 0 atom stereocenters. The van der Waals surface area contributed by atoms with Gasteiger partial charge in [-0.1, -0.05) is 19.0 Å². The number of anilines is 2. The number of nitro benzene ring substituents is 1. The third kappa shape index (κ3) is 7.72. The Morgan fingerprint density at radius 1 is 1.08 bits per heavy atom. The molecule has 2 aromatic carbocycles. The molecule has 0 aromatic heterocycles. The Morgan fingerprint density at radius 3 is 2.38 bits per heavy atom. The summed E-state index contributed by atoms with van der Waals surface area (Å²) in [5.74, 6) is 0.483. The topological polar surface area (TPSA) is 91.2 Å². The molecule has 2 aliphatic rings. The van der Waals surface area contributed by atoms with E-state index in [-0.39, 0.29) is 30.8 Å². The van der Waals surface area contributed by atoms with Crippen molar-refractivity contribution in [1.29, 1.82) is 0 Å². The van der Waals surface area contributed by atoms with Crippen LogP contribution in [0.5, 0.6) is 5.75 Å². The normalized spacial score (nSPS) is 16.7. The van der Waals surface area contributed by atoms with Crippen LogP contribution in [0.1, 0.15) is 33.6 Å². The first-order valence-electron chi connectivity index (χ1n) is 12.6. The zero-order chi connectivity index (χ0) is 25.5. The van der Waals surface area contributed by atoms with E-state index in [1.807, 2.05) is 17.0 Å². The Labute approximate surface area is 224 Å². The van der Waals surface area contributed by atoms with Gasteiger partial charge in [0.15, 0.2) is 5.75 Å². The summed E-state index contributed by atoms with van der Waals surface area (Å²) in [7, 11) is 0. The number of carbonyl (C=O) groups is 1. The molecule has 0 bridgehead atoms. The molecule has 2 aliphatic heterocycles. The predicted octanol–water partition coefficient (Wildman–Crippen LogP) is 4.90. The lowest BCUT2D eigenvalue weighted by molar-refractivity contribution is -0.385. The summed E-state index contributed by atoms with van der Waals surface area (Å²) in [6.45, 7) is 8.16. The number of rotatable bonds is 9. The maximum Gasteiger partial charge on any atom is 0.311 e. The number of ether oxygens (including phenoxy) is 1. The summed E-state index contributed by atoms with van der Waals surface area (Å²) in [6.07, 6.45) is 2.22. The van der Waals surface area contributed by atoms with Gasteiger partial charge in [0.25, 0.3) is 0 Å². The van der Waals surface area contributed by atoms with Crippen molar-refractivity contribution in [2.75, 3.05) is 62.6 Å². The number of nitro groups is 1. The van der Waals surface area contributed by atoms with Crippen molar-refractivity contribution in [3.63, 3.8) is 0 Å². The van der Waals surface area contributed by atoms with Gasteiger partial charge in [0, 0.05) is 86.8 Å². The van der Waals surface area contributed by atoms with Crippen molar-refractivity contribution in [3.8, 4) is 5.75 Å². The van der Waals surface area contributed by atoms with Crippen molar-refractivity contribution in [3.05, 3.63) is 57.6 Å². The maximum atomic E-state index is 12.8. The van der Waals surface area contributed by atoms with Gasteiger partial charge < -0.3 is 19.9 Å². The molecule has 2 saturated heterocycles. The van der Waals surface area contributed by atoms with Crippen molar-refractivity contribution < 1.29 is 14.5 Å². The first kappa shape index (κ1) is 28.5. The zero-order valence-electron chi connectivity index (χ0n) is 20.7. The van der Waals surface area contributed by atoms with Crippen LogP contribution in [0, 0.1) is 10.1 Å². The van der Waals surface area contributed by atoms with Gasteiger partial charge in [-0.15, -0.1) is 0 Å². The van der Waals surface area contributed by atoms with Crippen molar-refractivity contribution >= 4 is 34.6 Å². The molecular formula is C27H38ClN5O4. The van der Waals surface area contributed by atoms with Crippen LogP contribution in [0.15, 0.2) is 42.5 Å². The second-order valence-corrected chi connectivity index (χ2v) is 9.66. The van der Waals surface area contributed by atoms with E-state index in [0.29, 0.717) is 26.1 Å². The number of hydrogen-bond acceptors (Lipinski definition) is 7. The Kier molecular flexibility index (Phi) is 10.4. The van der Waals surface area contributed by atoms with E-state index in [1.54, 1.807) is 19.1 Å². The number of nitrogens with one attached hydrogen (secondary N) is 1. The summed E-state index contributed by atoms with van der Waals surface area (Å²) in [5, 5.41) is 15.4. The number of halogens is 1. The molecule has 202 valence electrons. The zero-order valence-corrected chi connectivity index (χ0v) is 21.5. The molecule has 0 saturated carbocycles. The molecule has 0 radical (unpaired) electrons. The van der Waals surface area contributed by atoms with Gasteiger partial charge in [-0.05, 0) is 50.1 Å². The van der Waals surface area contributed by atoms with Crippen LogP contribution in [0.4, 0.5) is 17.1 Å². The van der Waals surface area contributed by atoms with Gasteiger partial charge in [0.05, 0.1) is 11.5 Å². The standard InChI is InChI=1S/C26H34ClN5O4.CH4/c1-2-36-25-19-22(5-8-24(25)32(34)35)28-21-9-13-31(14-10-21)26(33)11-12-29-15-17-30(18-16-29)23-6-3-20(27)4-7-23;/h3-8,19,21,28H,2,9-18H2,1H3;1H4. The van der Waals surface area contributed by atoms with Crippen LogP contribution in [-0.2, 0) is 4.79 Å². The van der Waals surface area contributed by atoms with Crippen LogP contribution in [0.2, 0.25) is 5.02 Å². The second-order valence-electron chi connectivity index (χ2n) is 9.23. The molecule has 2 aromatic rings. The highest BCUT2D eigenvalue weighted by atomic mass is 35.5. The highest BCUT2D eigenvalue weighted by Crippen LogP contribution is 2.31. The largest absolute Gasteiger partial charge is 0.487 e. The van der Waals surface area contributed by atoms with Gasteiger partial charge in [-0.2, -0.15) is 0 Å². The number of likely N-dealkylation sites (tertiary alicyclic amines) is 1. The second kappa shape index (κ2) is 13.5. The quantitative estimate of drug-likeness (QED) is 0.363. The summed E-state index contributed by atoms with van der Waals surface area (Å²) in [4.78, 5) is 30.3. The highest BCUT2D eigenvalue weighted by Gasteiger charge is 2.25. The van der Waals surface area contributed by atoms with Crippen LogP contribution in [0.25, 0.3) is 0 Å². The Bertz CT molecular complexity index is 1040. The van der Waals surface area contributed by atoms with Crippen LogP contribution in [-0.4, -0.2) is 79.1 Å². The van der Waals surface area contributed by atoms with E-state index >= 15 is 0 Å². The first-order valence-corrected chi connectivity index (χ1v) is 13.0. The molecule has 9 nitrogen and oxygen atoms in total. The van der Waals surface area contributed by atoms with Gasteiger partial charge in [0.1, 0.15) is 0 Å². The van der Waals surface area contributed by atoms with E-state index in [4.69, 9.17) is 16.3 Å². The fourth-order valence-electron chi connectivity index (χ4n) is 4.83. The molecule has 4 rings (SSSR count). The lowest BCUT2D eigenvalue weighted by atomic mass is 10.0. The minimum absolute atomic E-state index is 0. The Hall–Kier alpha value is -3.04. The Balaban J connectivity index is 0.00000380. The van der Waals surface area contributed by atoms with Gasteiger partial charge in [0.2, 0.25) is 5.91 Å². The monoisotopic (exact) mass is 531 g/mol. The summed E-state index contributed by atoms with van der Waals surface area (Å²) in [5.41, 5.74) is 1.95. The minimum atomic E-state index is -0.432. The number of nitrogens with zero attached hydrogens (tertiary/aromatic N) is 4. The average molecular weight is 532 g/mol. The van der Waals surface area contributed by atoms with Gasteiger partial charge in [-0.25, -0.2) is 0 Å². The molecule has 0 aliphatic carbocycles. The lowest BCUT2D eigenvalue weighted by Crippen LogP contribution is -2.48. The van der Waals surface area contributed by atoms with Crippen molar-refractivity contribution in [2.24, 2.45) is 0 Å². The third-order valence-corrected chi connectivity index (χ3v) is 7.13. The first-order chi connectivity index (χ1) is 17.4. The van der Waals surface area contributed by atoms with E-state index in [9.17, 15) is 14.9 Å². The molecular weight excluding hydrogens is 494 g/mol. The molecule has 2 heterocycles. The average Bonchev–Trinajstić information content (AvgIpc) is 2.89. The third-order valence-electron chi connectivity index (χ3n) is 6.88. The van der Waals surface area contributed by atoms with Gasteiger partial charge in [-0.3, -0.25) is 19.8 Å². The van der Waals surface area contributed by atoms with E-state index in [0.717, 1.165) is 56.3 Å². The van der Waals surface area contributed by atoms with Crippen LogP contribution in [0.3, 0.4) is 0 Å². The fourth-order valence-corrected chi connectivity index (χ4v) is 4.95. The van der Waals surface area contributed by atoms with Gasteiger partial charge >= 0.3 is 5.69 Å². The molecule has 37 heavy (non-hydrogen) atoms. The van der Waals surface area contributed by atoms with Crippen LogP contribution < -0.4 is 15.0 Å². The molecule has 0 unspecified atom stereocenters. The number of piperidine rings is 1. The number of benzene rings is 2. The maximum absolute atomic E-state index is 12.8. The molecule has 10 heteroatoms. The molecule has 2 fully saturated rings. The molecule has 1 amide bonds. The molecule has 1 N–H and O–H groups in total. The SMILES string of the molecule is C.CCOc1cc(NC2CCN(C(=O)CCN3CCN(c4ccc(Cl)cc4)CC3)CC2)ccc1[N+](=O)[O-]. The number of piperazine rings is 1. The van der Waals surface area contributed by atoms with E-state index < -0.39 is 4.92 Å². The fraction of sp³-hybridized carbons (Fsp3) is 0.519. The summed E-state index contributed by atoms with van der Waals surface area (Å²) in [6, 6.07) is 13.0. The smallest absolute Gasteiger partial charge is 0.311 e. The van der Waals surface area contributed by atoms with Crippen molar-refractivity contribution in [1.82, 2.24) is 9.80 Å². The number of hydrogen-bond donors (Lipinski definition) is 1. The Morgan fingerprint density at radius 2 is 1.76 bits per heavy atom. The summed E-state index contributed by atoms with van der Waals surface area (Å²) >= 11 is 5.99. The minimum Gasteiger partial charge on any atom is -0.487 e.